The van der Waals surface area contributed by atoms with Gasteiger partial charge in [0.1, 0.15) is 5.75 Å². The number of aromatic nitrogens is 1. The Labute approximate surface area is 181 Å². The van der Waals surface area contributed by atoms with Gasteiger partial charge in [0.05, 0.1) is 32.5 Å². The molecule has 0 amide bonds. The van der Waals surface area contributed by atoms with Gasteiger partial charge in [-0.05, 0) is 33.8 Å². The number of hydrogen-bond donors (Lipinski definition) is 2. The van der Waals surface area contributed by atoms with Crippen molar-refractivity contribution >= 4 is 5.96 Å². The van der Waals surface area contributed by atoms with E-state index >= 15 is 0 Å². The molecule has 0 unspecified atom stereocenters. The van der Waals surface area contributed by atoms with Crippen LogP contribution < -0.4 is 24.8 Å². The fourth-order valence-corrected chi connectivity index (χ4v) is 3.10. The van der Waals surface area contributed by atoms with E-state index in [-0.39, 0.29) is 18.0 Å². The number of halogens is 2. The zero-order valence-electron chi connectivity index (χ0n) is 18.6. The average Bonchev–Trinajstić information content (AvgIpc) is 2.73. The quantitative estimate of drug-likeness (QED) is 0.434. The zero-order chi connectivity index (χ0) is 22.8. The molecule has 0 aliphatic rings. The molecule has 2 N–H and O–H groups in total. The lowest BCUT2D eigenvalue weighted by molar-refractivity contribution is -0.0520. The minimum atomic E-state index is -2.96. The molecule has 9 heteroatoms. The number of para-hydroxylation sites is 1. The summed E-state index contributed by atoms with van der Waals surface area (Å²) in [6, 6.07) is 5.00. The normalized spacial score (nSPS) is 11.4. The summed E-state index contributed by atoms with van der Waals surface area (Å²) in [7, 11) is 1.63. The zero-order valence-corrected chi connectivity index (χ0v) is 18.6. The van der Waals surface area contributed by atoms with E-state index in [1.807, 2.05) is 20.8 Å². The highest BCUT2D eigenvalue weighted by Gasteiger charge is 2.16. The van der Waals surface area contributed by atoms with Crippen LogP contribution in [0.25, 0.3) is 0 Å². The molecule has 2 rings (SSSR count). The number of nitrogens with zero attached hydrogens (tertiary/aromatic N) is 2. The van der Waals surface area contributed by atoms with E-state index < -0.39 is 6.61 Å². The minimum Gasteiger partial charge on any atom is -0.496 e. The predicted molar refractivity (Wildman–Crippen MR) is 116 cm³/mol. The van der Waals surface area contributed by atoms with Gasteiger partial charge < -0.3 is 24.8 Å². The molecule has 0 saturated carbocycles. The highest BCUT2D eigenvalue weighted by molar-refractivity contribution is 5.79. The SMILES string of the molecule is CCNC(=NCc1cccc(OCC)c1OC(F)F)NCc1ncc(C)c(OC)c1C. The van der Waals surface area contributed by atoms with Gasteiger partial charge >= 0.3 is 6.61 Å². The van der Waals surface area contributed by atoms with Gasteiger partial charge in [0.15, 0.2) is 17.5 Å². The summed E-state index contributed by atoms with van der Waals surface area (Å²) in [6.45, 7) is 6.18. The minimum absolute atomic E-state index is 0.000250. The van der Waals surface area contributed by atoms with E-state index in [1.165, 1.54) is 0 Å². The Morgan fingerprint density at radius 2 is 1.94 bits per heavy atom. The van der Waals surface area contributed by atoms with Crippen LogP contribution in [-0.2, 0) is 13.1 Å². The third kappa shape index (κ3) is 6.70. The molecule has 170 valence electrons. The van der Waals surface area contributed by atoms with Crippen molar-refractivity contribution in [2.45, 2.75) is 47.4 Å². The fourth-order valence-electron chi connectivity index (χ4n) is 3.10. The number of hydrogen-bond acceptors (Lipinski definition) is 5. The topological polar surface area (TPSA) is 77.0 Å². The second-order valence-electron chi connectivity index (χ2n) is 6.65. The summed E-state index contributed by atoms with van der Waals surface area (Å²) >= 11 is 0. The van der Waals surface area contributed by atoms with Crippen molar-refractivity contribution in [2.75, 3.05) is 20.3 Å². The standard InChI is InChI=1S/C22H30F2N4O3/c1-6-25-22(28-13-17-15(4)19(29-5)14(3)11-26-17)27-12-16-9-8-10-18(30-7-2)20(16)31-21(23)24/h8-11,21H,6-7,12-13H2,1-5H3,(H2,25,27,28). The van der Waals surface area contributed by atoms with Crippen molar-refractivity contribution in [3.05, 3.63) is 46.8 Å². The second-order valence-corrected chi connectivity index (χ2v) is 6.65. The lowest BCUT2D eigenvalue weighted by Crippen LogP contribution is -2.37. The van der Waals surface area contributed by atoms with E-state index in [0.29, 0.717) is 31.2 Å². The molecular weight excluding hydrogens is 406 g/mol. The molecule has 2 aromatic rings. The Kier molecular flexibility index (Phi) is 9.30. The number of ether oxygens (including phenoxy) is 3. The van der Waals surface area contributed by atoms with Gasteiger partial charge in [0.2, 0.25) is 0 Å². The van der Waals surface area contributed by atoms with Gasteiger partial charge in [-0.25, -0.2) is 4.99 Å². The molecule has 0 fully saturated rings. The summed E-state index contributed by atoms with van der Waals surface area (Å²) in [5.41, 5.74) is 3.23. The van der Waals surface area contributed by atoms with Crippen LogP contribution in [0.3, 0.4) is 0 Å². The molecule has 0 radical (unpaired) electrons. The molecule has 0 spiro atoms. The molecule has 1 aromatic heterocycles. The van der Waals surface area contributed by atoms with Crippen LogP contribution >= 0.6 is 0 Å². The maximum Gasteiger partial charge on any atom is 0.387 e. The van der Waals surface area contributed by atoms with Gasteiger partial charge in [0, 0.05) is 29.4 Å². The first-order valence-electron chi connectivity index (χ1n) is 10.1. The Hall–Kier alpha value is -3.10. The number of rotatable bonds is 10. The van der Waals surface area contributed by atoms with Gasteiger partial charge in [-0.15, -0.1) is 0 Å². The third-order valence-electron chi connectivity index (χ3n) is 4.49. The summed E-state index contributed by atoms with van der Waals surface area (Å²) in [6.07, 6.45) is 1.76. The number of aryl methyl sites for hydroxylation is 1. The molecule has 0 atom stereocenters. The number of pyridine rings is 1. The van der Waals surface area contributed by atoms with Crippen molar-refractivity contribution < 1.29 is 23.0 Å². The van der Waals surface area contributed by atoms with E-state index in [0.717, 1.165) is 22.6 Å². The number of alkyl halides is 2. The van der Waals surface area contributed by atoms with Gasteiger partial charge in [-0.3, -0.25) is 4.98 Å². The number of methoxy groups -OCH3 is 1. The molecule has 0 aliphatic carbocycles. The smallest absolute Gasteiger partial charge is 0.387 e. The van der Waals surface area contributed by atoms with Crippen LogP contribution in [0.2, 0.25) is 0 Å². The fraction of sp³-hybridized carbons (Fsp3) is 0.455. The van der Waals surface area contributed by atoms with Crippen LogP contribution in [0.1, 0.15) is 36.2 Å². The van der Waals surface area contributed by atoms with Crippen LogP contribution in [-0.4, -0.2) is 37.8 Å². The maximum atomic E-state index is 12.9. The van der Waals surface area contributed by atoms with Crippen molar-refractivity contribution in [2.24, 2.45) is 4.99 Å². The first kappa shape index (κ1) is 24.2. The Bertz CT molecular complexity index is 891. The first-order valence-corrected chi connectivity index (χ1v) is 10.1. The van der Waals surface area contributed by atoms with Crippen LogP contribution in [0.4, 0.5) is 8.78 Å². The monoisotopic (exact) mass is 436 g/mol. The van der Waals surface area contributed by atoms with Crippen LogP contribution in [0.5, 0.6) is 17.2 Å². The highest BCUT2D eigenvalue weighted by Crippen LogP contribution is 2.33. The summed E-state index contributed by atoms with van der Waals surface area (Å²) in [5.74, 6) is 1.59. The maximum absolute atomic E-state index is 12.9. The summed E-state index contributed by atoms with van der Waals surface area (Å²) < 4.78 is 41.4. The second kappa shape index (κ2) is 11.9. The van der Waals surface area contributed by atoms with Crippen molar-refractivity contribution in [3.8, 4) is 17.2 Å². The molecule has 0 bridgehead atoms. The van der Waals surface area contributed by atoms with E-state index in [1.54, 1.807) is 38.4 Å². The Morgan fingerprint density at radius 1 is 1.16 bits per heavy atom. The molecule has 1 heterocycles. The van der Waals surface area contributed by atoms with Crippen molar-refractivity contribution in [1.29, 1.82) is 0 Å². The first-order chi connectivity index (χ1) is 14.9. The van der Waals surface area contributed by atoms with Gasteiger partial charge in [0.25, 0.3) is 0 Å². The Balaban J connectivity index is 2.21. The largest absolute Gasteiger partial charge is 0.496 e. The highest BCUT2D eigenvalue weighted by atomic mass is 19.3. The van der Waals surface area contributed by atoms with Crippen molar-refractivity contribution in [3.63, 3.8) is 0 Å². The molecule has 0 aliphatic heterocycles. The lowest BCUT2D eigenvalue weighted by Gasteiger charge is -2.16. The van der Waals surface area contributed by atoms with Gasteiger partial charge in [-0.2, -0.15) is 8.78 Å². The number of aliphatic imine (C=N–C) groups is 1. The summed E-state index contributed by atoms with van der Waals surface area (Å²) in [4.78, 5) is 8.98. The number of benzene rings is 1. The molecule has 1 aromatic carbocycles. The third-order valence-corrected chi connectivity index (χ3v) is 4.49. The summed E-state index contributed by atoms with van der Waals surface area (Å²) in [5, 5.41) is 6.36. The van der Waals surface area contributed by atoms with Gasteiger partial charge in [-0.1, -0.05) is 12.1 Å². The average molecular weight is 437 g/mol. The Morgan fingerprint density at radius 3 is 2.58 bits per heavy atom. The van der Waals surface area contributed by atoms with Crippen LogP contribution in [0, 0.1) is 13.8 Å². The molecule has 31 heavy (non-hydrogen) atoms. The van der Waals surface area contributed by atoms with E-state index in [2.05, 4.69) is 20.6 Å². The van der Waals surface area contributed by atoms with E-state index in [4.69, 9.17) is 14.2 Å². The van der Waals surface area contributed by atoms with E-state index in [9.17, 15) is 8.78 Å². The predicted octanol–water partition coefficient (Wildman–Crippen LogP) is 3.96. The van der Waals surface area contributed by atoms with Crippen LogP contribution in [0.15, 0.2) is 29.4 Å². The number of guanidine groups is 1. The molecular formula is C22H30F2N4O3. The number of nitrogens with one attached hydrogen (secondary N) is 2. The molecule has 7 nitrogen and oxygen atoms in total. The lowest BCUT2D eigenvalue weighted by atomic mass is 10.1. The van der Waals surface area contributed by atoms with Crippen molar-refractivity contribution in [1.82, 2.24) is 15.6 Å². The molecule has 0 saturated heterocycles.